The minimum absolute atomic E-state index is 0.0852. The Morgan fingerprint density at radius 3 is 2.76 bits per heavy atom. The molecule has 3 aromatic heterocycles. The van der Waals surface area contributed by atoms with Crippen LogP contribution in [0.3, 0.4) is 0 Å². The molecule has 8 heteroatoms. The summed E-state index contributed by atoms with van der Waals surface area (Å²) in [6.07, 6.45) is 5.68. The number of hydrogen-bond acceptors (Lipinski definition) is 5. The van der Waals surface area contributed by atoms with Crippen molar-refractivity contribution in [3.8, 4) is 17.0 Å². The number of pyridine rings is 1. The number of aromatic amines is 1. The number of ether oxygens (including phenoxy) is 1. The molecule has 2 N–H and O–H groups in total. The molecule has 1 aliphatic rings. The molecule has 34 heavy (non-hydrogen) atoms. The average molecular weight is 461 g/mol. The Bertz CT molecular complexity index is 1330. The predicted molar refractivity (Wildman–Crippen MR) is 133 cm³/mol. The molecule has 178 valence electrons. The molecule has 1 fully saturated rings. The minimum Gasteiger partial charge on any atom is -0.493 e. The highest BCUT2D eigenvalue weighted by molar-refractivity contribution is 5.92. The standard InChI is InChI=1S/C26H32N6O2/c1-16(2)24-20-11-18(17-7-9-31(10-8-17)14-23(33)27-3)5-6-21(20)30-25(24)19-12-22(34-4)26-28-15-29-32(26)13-19/h5-6,11-13,15-17,30H,7-10,14H2,1-4H3,(H,27,33). The van der Waals surface area contributed by atoms with Gasteiger partial charge < -0.3 is 15.0 Å². The number of carbonyl (C=O) groups is 1. The van der Waals surface area contributed by atoms with Crippen molar-refractivity contribution in [2.45, 2.75) is 38.5 Å². The zero-order chi connectivity index (χ0) is 23.8. The molecule has 0 unspecified atom stereocenters. The zero-order valence-electron chi connectivity index (χ0n) is 20.3. The summed E-state index contributed by atoms with van der Waals surface area (Å²) in [5, 5.41) is 8.32. The first kappa shape index (κ1) is 22.4. The monoisotopic (exact) mass is 460 g/mol. The van der Waals surface area contributed by atoms with E-state index in [0.29, 0.717) is 29.8 Å². The van der Waals surface area contributed by atoms with Crippen molar-refractivity contribution in [2.24, 2.45) is 0 Å². The van der Waals surface area contributed by atoms with Gasteiger partial charge in [-0.3, -0.25) is 9.69 Å². The maximum atomic E-state index is 11.7. The molecule has 0 radical (unpaired) electrons. The number of aromatic nitrogens is 4. The average Bonchev–Trinajstić information content (AvgIpc) is 3.48. The normalized spacial score (nSPS) is 15.4. The number of likely N-dealkylation sites (N-methyl/N-ethyl adjacent to an activating group) is 1. The molecule has 1 amide bonds. The molecule has 1 saturated heterocycles. The van der Waals surface area contributed by atoms with E-state index in [-0.39, 0.29) is 5.91 Å². The Morgan fingerprint density at radius 1 is 1.26 bits per heavy atom. The molecule has 4 aromatic rings. The van der Waals surface area contributed by atoms with Gasteiger partial charge in [0, 0.05) is 29.7 Å². The second kappa shape index (κ2) is 9.10. The van der Waals surface area contributed by atoms with E-state index in [0.717, 1.165) is 42.7 Å². The van der Waals surface area contributed by atoms with Crippen molar-refractivity contribution in [1.29, 1.82) is 0 Å². The molecule has 0 saturated carbocycles. The van der Waals surface area contributed by atoms with Crippen LogP contribution in [0, 0.1) is 0 Å². The van der Waals surface area contributed by atoms with Gasteiger partial charge in [0.25, 0.3) is 0 Å². The second-order valence-electron chi connectivity index (χ2n) is 9.42. The Hall–Kier alpha value is -3.39. The van der Waals surface area contributed by atoms with Crippen molar-refractivity contribution in [3.05, 3.63) is 47.9 Å². The van der Waals surface area contributed by atoms with E-state index in [1.165, 1.54) is 16.5 Å². The van der Waals surface area contributed by atoms with Gasteiger partial charge in [-0.25, -0.2) is 9.50 Å². The summed E-state index contributed by atoms with van der Waals surface area (Å²) in [7, 11) is 3.36. The first-order valence-electron chi connectivity index (χ1n) is 11.9. The number of likely N-dealkylation sites (tertiary alicyclic amines) is 1. The summed E-state index contributed by atoms with van der Waals surface area (Å²) >= 11 is 0. The van der Waals surface area contributed by atoms with Gasteiger partial charge in [-0.1, -0.05) is 19.9 Å². The third kappa shape index (κ3) is 4.03. The summed E-state index contributed by atoms with van der Waals surface area (Å²) < 4.78 is 7.36. The van der Waals surface area contributed by atoms with Crippen LogP contribution in [0.5, 0.6) is 5.75 Å². The number of fused-ring (bicyclic) bond motifs is 2. The van der Waals surface area contributed by atoms with E-state index in [9.17, 15) is 4.79 Å². The molecular formula is C26H32N6O2. The van der Waals surface area contributed by atoms with E-state index in [1.54, 1.807) is 25.0 Å². The molecule has 4 heterocycles. The van der Waals surface area contributed by atoms with Crippen LogP contribution in [0.2, 0.25) is 0 Å². The number of nitrogens with one attached hydrogen (secondary N) is 2. The quantitative estimate of drug-likeness (QED) is 0.455. The fraction of sp³-hybridized carbons (Fsp3) is 0.423. The van der Waals surface area contributed by atoms with Gasteiger partial charge in [-0.15, -0.1) is 0 Å². The minimum atomic E-state index is 0.0852. The lowest BCUT2D eigenvalue weighted by molar-refractivity contribution is -0.122. The van der Waals surface area contributed by atoms with Crippen LogP contribution in [0.15, 0.2) is 36.8 Å². The van der Waals surface area contributed by atoms with Crippen molar-refractivity contribution < 1.29 is 9.53 Å². The predicted octanol–water partition coefficient (Wildman–Crippen LogP) is 3.94. The molecule has 0 spiro atoms. The fourth-order valence-electron chi connectivity index (χ4n) is 5.20. The maximum Gasteiger partial charge on any atom is 0.233 e. The van der Waals surface area contributed by atoms with Crippen LogP contribution in [-0.2, 0) is 4.79 Å². The highest BCUT2D eigenvalue weighted by Crippen LogP contribution is 2.39. The highest BCUT2D eigenvalue weighted by Gasteiger charge is 2.24. The summed E-state index contributed by atoms with van der Waals surface area (Å²) in [6.45, 7) is 6.86. The third-order valence-electron chi connectivity index (χ3n) is 7.00. The summed E-state index contributed by atoms with van der Waals surface area (Å²) in [6, 6.07) is 8.87. The van der Waals surface area contributed by atoms with Crippen molar-refractivity contribution in [3.63, 3.8) is 0 Å². The van der Waals surface area contributed by atoms with Gasteiger partial charge in [0.05, 0.1) is 19.3 Å². The van der Waals surface area contributed by atoms with Crippen LogP contribution >= 0.6 is 0 Å². The van der Waals surface area contributed by atoms with E-state index >= 15 is 0 Å². The molecule has 1 aromatic carbocycles. The van der Waals surface area contributed by atoms with Crippen LogP contribution in [-0.4, -0.2) is 64.2 Å². The third-order valence-corrected chi connectivity index (χ3v) is 7.00. The van der Waals surface area contributed by atoms with Gasteiger partial charge in [0.15, 0.2) is 11.4 Å². The smallest absolute Gasteiger partial charge is 0.233 e. The number of hydrogen-bond donors (Lipinski definition) is 2. The number of nitrogens with zero attached hydrogens (tertiary/aromatic N) is 4. The van der Waals surface area contributed by atoms with E-state index in [2.05, 4.69) is 57.3 Å². The van der Waals surface area contributed by atoms with Crippen LogP contribution in [0.1, 0.15) is 49.7 Å². The SMILES string of the molecule is CNC(=O)CN1CCC(c2ccc3[nH]c(-c4cc(OC)c5ncnn5c4)c(C(C)C)c3c2)CC1. The van der Waals surface area contributed by atoms with E-state index in [4.69, 9.17) is 4.74 Å². The number of H-pyrrole nitrogens is 1. The number of amides is 1. The maximum absolute atomic E-state index is 11.7. The Kier molecular flexibility index (Phi) is 6.00. The number of rotatable bonds is 6. The van der Waals surface area contributed by atoms with Gasteiger partial charge in [0.1, 0.15) is 6.33 Å². The van der Waals surface area contributed by atoms with E-state index in [1.807, 2.05) is 12.3 Å². The lowest BCUT2D eigenvalue weighted by Gasteiger charge is -2.31. The van der Waals surface area contributed by atoms with Crippen LogP contribution in [0.4, 0.5) is 0 Å². The van der Waals surface area contributed by atoms with Gasteiger partial charge >= 0.3 is 0 Å². The fourth-order valence-corrected chi connectivity index (χ4v) is 5.20. The van der Waals surface area contributed by atoms with Crippen LogP contribution in [0.25, 0.3) is 27.8 Å². The zero-order valence-corrected chi connectivity index (χ0v) is 20.3. The molecule has 5 rings (SSSR count). The van der Waals surface area contributed by atoms with Crippen molar-refractivity contribution >= 4 is 22.5 Å². The first-order valence-corrected chi connectivity index (χ1v) is 11.9. The second-order valence-corrected chi connectivity index (χ2v) is 9.42. The van der Waals surface area contributed by atoms with Gasteiger partial charge in [-0.05, 0) is 67.1 Å². The number of piperidine rings is 1. The lowest BCUT2D eigenvalue weighted by Crippen LogP contribution is -2.40. The van der Waals surface area contributed by atoms with Crippen molar-refractivity contribution in [1.82, 2.24) is 29.8 Å². The molecule has 0 aliphatic carbocycles. The first-order chi connectivity index (χ1) is 16.5. The van der Waals surface area contributed by atoms with Crippen LogP contribution < -0.4 is 10.1 Å². The molecule has 1 aliphatic heterocycles. The Balaban J connectivity index is 1.49. The lowest BCUT2D eigenvalue weighted by atomic mass is 9.87. The van der Waals surface area contributed by atoms with Gasteiger partial charge in [-0.2, -0.15) is 5.10 Å². The molecule has 0 bridgehead atoms. The van der Waals surface area contributed by atoms with Crippen molar-refractivity contribution in [2.75, 3.05) is 33.8 Å². The topological polar surface area (TPSA) is 87.5 Å². The van der Waals surface area contributed by atoms with Gasteiger partial charge in [0.2, 0.25) is 5.91 Å². The summed E-state index contributed by atoms with van der Waals surface area (Å²) in [5.41, 5.74) is 6.65. The Morgan fingerprint density at radius 2 is 2.06 bits per heavy atom. The summed E-state index contributed by atoms with van der Waals surface area (Å²) in [5.74, 6) is 1.63. The Labute approximate surface area is 199 Å². The van der Waals surface area contributed by atoms with E-state index < -0.39 is 0 Å². The highest BCUT2D eigenvalue weighted by atomic mass is 16.5. The molecule has 8 nitrogen and oxygen atoms in total. The number of benzene rings is 1. The summed E-state index contributed by atoms with van der Waals surface area (Å²) in [4.78, 5) is 21.9. The number of carbonyl (C=O) groups excluding carboxylic acids is 1. The largest absolute Gasteiger partial charge is 0.493 e. The molecule has 0 atom stereocenters. The number of methoxy groups -OCH3 is 1. The molecular weight excluding hydrogens is 428 g/mol.